The van der Waals surface area contributed by atoms with Crippen LogP contribution in [0.4, 0.5) is 0 Å². The number of hydrogen-bond acceptors (Lipinski definition) is 8. The van der Waals surface area contributed by atoms with E-state index in [4.69, 9.17) is 11.5 Å². The van der Waals surface area contributed by atoms with Crippen molar-refractivity contribution >= 4 is 45.8 Å². The maximum absolute atomic E-state index is 11.8. The SMILES string of the molecule is NC1C=Cc2nc3ccccc3nc2C1=O.NC1C=Cc2nc3ccccc3nc2C1=O. The van der Waals surface area contributed by atoms with Gasteiger partial charge in [-0.2, -0.15) is 0 Å². The van der Waals surface area contributed by atoms with E-state index in [1.807, 2.05) is 48.5 Å². The first-order valence-electron chi connectivity index (χ1n) is 10.0. The van der Waals surface area contributed by atoms with E-state index < -0.39 is 12.1 Å². The predicted molar refractivity (Wildman–Crippen MR) is 122 cm³/mol. The Labute approximate surface area is 182 Å². The zero-order valence-corrected chi connectivity index (χ0v) is 16.8. The van der Waals surface area contributed by atoms with Crippen LogP contribution in [0.1, 0.15) is 32.4 Å². The maximum atomic E-state index is 11.8. The molecule has 0 bridgehead atoms. The Balaban J connectivity index is 0.000000135. The first-order chi connectivity index (χ1) is 15.5. The summed E-state index contributed by atoms with van der Waals surface area (Å²) in [6.07, 6.45) is 6.80. The molecule has 2 unspecified atom stereocenters. The molecule has 2 aliphatic carbocycles. The number of aromatic nitrogens is 4. The van der Waals surface area contributed by atoms with Crippen LogP contribution < -0.4 is 11.5 Å². The Morgan fingerprint density at radius 3 is 1.28 bits per heavy atom. The second-order valence-corrected chi connectivity index (χ2v) is 7.39. The molecule has 0 saturated carbocycles. The molecule has 0 spiro atoms. The second kappa shape index (κ2) is 7.84. The van der Waals surface area contributed by atoms with E-state index in [1.54, 1.807) is 24.3 Å². The average Bonchev–Trinajstić information content (AvgIpc) is 2.82. The summed E-state index contributed by atoms with van der Waals surface area (Å²) in [4.78, 5) is 40.9. The number of ketones is 2. The van der Waals surface area contributed by atoms with Crippen LogP contribution in [0.3, 0.4) is 0 Å². The molecular weight excluding hydrogens is 404 g/mol. The van der Waals surface area contributed by atoms with E-state index >= 15 is 0 Å². The number of nitrogens with two attached hydrogens (primary N) is 2. The van der Waals surface area contributed by atoms with Gasteiger partial charge in [0.05, 0.1) is 45.5 Å². The van der Waals surface area contributed by atoms with E-state index in [0.717, 1.165) is 22.1 Å². The maximum Gasteiger partial charge on any atom is 0.203 e. The third kappa shape index (κ3) is 3.47. The Hall–Kier alpha value is -4.14. The van der Waals surface area contributed by atoms with Crippen molar-refractivity contribution in [3.05, 3.63) is 83.5 Å². The largest absolute Gasteiger partial charge is 0.318 e. The Morgan fingerprint density at radius 2 is 0.906 bits per heavy atom. The van der Waals surface area contributed by atoms with Crippen LogP contribution in [0.25, 0.3) is 34.2 Å². The molecule has 2 aliphatic rings. The number of benzene rings is 2. The number of Topliss-reactive ketones (excluding diaryl/α,β-unsaturated/α-hetero) is 2. The molecule has 0 fully saturated rings. The fraction of sp³-hybridized carbons (Fsp3) is 0.0833. The highest BCUT2D eigenvalue weighted by molar-refractivity contribution is 6.06. The Morgan fingerprint density at radius 1 is 0.562 bits per heavy atom. The summed E-state index contributed by atoms with van der Waals surface area (Å²) in [6.45, 7) is 0. The van der Waals surface area contributed by atoms with E-state index in [9.17, 15) is 9.59 Å². The highest BCUT2D eigenvalue weighted by atomic mass is 16.1. The molecule has 4 N–H and O–H groups in total. The van der Waals surface area contributed by atoms with Crippen LogP contribution in [-0.2, 0) is 0 Å². The van der Waals surface area contributed by atoms with Gasteiger partial charge in [-0.25, -0.2) is 19.9 Å². The monoisotopic (exact) mass is 422 g/mol. The first kappa shape index (κ1) is 19.8. The topological polar surface area (TPSA) is 138 Å². The summed E-state index contributed by atoms with van der Waals surface area (Å²) < 4.78 is 0. The van der Waals surface area contributed by atoms with Crippen molar-refractivity contribution in [3.8, 4) is 0 Å². The van der Waals surface area contributed by atoms with Crippen molar-refractivity contribution in [1.82, 2.24) is 19.9 Å². The van der Waals surface area contributed by atoms with Gasteiger partial charge in [0.1, 0.15) is 11.4 Å². The first-order valence-corrected chi connectivity index (χ1v) is 10.0. The zero-order valence-electron chi connectivity index (χ0n) is 16.8. The molecule has 6 rings (SSSR count). The fourth-order valence-corrected chi connectivity index (χ4v) is 3.50. The number of nitrogens with zero attached hydrogens (tertiary/aromatic N) is 4. The summed E-state index contributed by atoms with van der Waals surface area (Å²) in [5.41, 5.74) is 16.2. The molecule has 2 heterocycles. The number of rotatable bonds is 0. The van der Waals surface area contributed by atoms with Gasteiger partial charge in [0, 0.05) is 0 Å². The average molecular weight is 422 g/mol. The molecule has 8 nitrogen and oxygen atoms in total. The second-order valence-electron chi connectivity index (χ2n) is 7.39. The lowest BCUT2D eigenvalue weighted by Gasteiger charge is -2.13. The van der Waals surface area contributed by atoms with Crippen molar-refractivity contribution in [2.45, 2.75) is 12.1 Å². The van der Waals surface area contributed by atoms with E-state index in [1.165, 1.54) is 0 Å². The molecule has 4 aromatic rings. The molecule has 32 heavy (non-hydrogen) atoms. The van der Waals surface area contributed by atoms with Gasteiger partial charge in [0.25, 0.3) is 0 Å². The van der Waals surface area contributed by atoms with Crippen molar-refractivity contribution in [1.29, 1.82) is 0 Å². The molecule has 2 aromatic carbocycles. The van der Waals surface area contributed by atoms with Gasteiger partial charge in [-0.3, -0.25) is 9.59 Å². The van der Waals surface area contributed by atoms with Crippen molar-refractivity contribution in [2.24, 2.45) is 11.5 Å². The molecule has 8 heteroatoms. The van der Waals surface area contributed by atoms with Crippen LogP contribution in [0.15, 0.2) is 60.7 Å². The Bertz CT molecular complexity index is 1350. The summed E-state index contributed by atoms with van der Waals surface area (Å²) >= 11 is 0. The van der Waals surface area contributed by atoms with Crippen LogP contribution in [0, 0.1) is 0 Å². The number of fused-ring (bicyclic) bond motifs is 4. The van der Waals surface area contributed by atoms with Crippen LogP contribution in [-0.4, -0.2) is 43.6 Å². The minimum atomic E-state index is -0.594. The number of hydrogen-bond donors (Lipinski definition) is 2. The lowest BCUT2D eigenvalue weighted by molar-refractivity contribution is 0.0964. The fourth-order valence-electron chi connectivity index (χ4n) is 3.50. The summed E-state index contributed by atoms with van der Waals surface area (Å²) in [7, 11) is 0. The van der Waals surface area contributed by atoms with Gasteiger partial charge in [0.15, 0.2) is 0 Å². The summed E-state index contributed by atoms with van der Waals surface area (Å²) in [5.74, 6) is -0.341. The Kier molecular flexibility index (Phi) is 4.85. The summed E-state index contributed by atoms with van der Waals surface area (Å²) in [5, 5.41) is 0. The molecular formula is C24H18N6O2. The number of carbonyl (C=O) groups excluding carboxylic acids is 2. The van der Waals surface area contributed by atoms with Gasteiger partial charge in [-0.1, -0.05) is 36.4 Å². The molecule has 0 aliphatic heterocycles. The van der Waals surface area contributed by atoms with Crippen LogP contribution in [0.5, 0.6) is 0 Å². The van der Waals surface area contributed by atoms with Crippen molar-refractivity contribution < 1.29 is 9.59 Å². The van der Waals surface area contributed by atoms with E-state index in [2.05, 4.69) is 19.9 Å². The van der Waals surface area contributed by atoms with Crippen LogP contribution in [0.2, 0.25) is 0 Å². The van der Waals surface area contributed by atoms with Crippen molar-refractivity contribution in [2.75, 3.05) is 0 Å². The molecule has 156 valence electrons. The molecule has 0 radical (unpaired) electrons. The molecule has 0 saturated heterocycles. The van der Waals surface area contributed by atoms with Gasteiger partial charge in [-0.05, 0) is 36.4 Å². The normalized spacial score (nSPS) is 18.8. The smallest absolute Gasteiger partial charge is 0.203 e. The van der Waals surface area contributed by atoms with E-state index in [0.29, 0.717) is 22.8 Å². The lowest BCUT2D eigenvalue weighted by Crippen LogP contribution is -2.32. The molecule has 2 atom stereocenters. The third-order valence-electron chi connectivity index (χ3n) is 5.19. The van der Waals surface area contributed by atoms with Crippen LogP contribution >= 0.6 is 0 Å². The minimum Gasteiger partial charge on any atom is -0.318 e. The standard InChI is InChI=1S/2C12H9N3O/c2*13-7-5-6-10-11(12(7)16)15-9-4-2-1-3-8(9)14-10/h2*1-7H,13H2. The number of para-hydroxylation sites is 4. The van der Waals surface area contributed by atoms with Gasteiger partial charge in [-0.15, -0.1) is 0 Å². The highest BCUT2D eigenvalue weighted by Crippen LogP contribution is 2.20. The molecule has 0 amide bonds. The zero-order chi connectivity index (χ0) is 22.2. The quantitative estimate of drug-likeness (QED) is 0.440. The molecule has 2 aromatic heterocycles. The minimum absolute atomic E-state index is 0.171. The van der Waals surface area contributed by atoms with Gasteiger partial charge in [0.2, 0.25) is 11.6 Å². The number of carbonyl (C=O) groups is 2. The van der Waals surface area contributed by atoms with Gasteiger partial charge >= 0.3 is 0 Å². The summed E-state index contributed by atoms with van der Waals surface area (Å²) in [6, 6.07) is 13.7. The predicted octanol–water partition coefficient (Wildman–Crippen LogP) is 2.33. The third-order valence-corrected chi connectivity index (χ3v) is 5.19. The highest BCUT2D eigenvalue weighted by Gasteiger charge is 2.24. The van der Waals surface area contributed by atoms with Crippen molar-refractivity contribution in [3.63, 3.8) is 0 Å². The van der Waals surface area contributed by atoms with E-state index in [-0.39, 0.29) is 11.6 Å². The van der Waals surface area contributed by atoms with Gasteiger partial charge < -0.3 is 11.5 Å². The lowest BCUT2D eigenvalue weighted by atomic mass is 10.0.